The van der Waals surface area contributed by atoms with Crippen molar-refractivity contribution in [1.29, 1.82) is 0 Å². The van der Waals surface area contributed by atoms with Gasteiger partial charge in [0.25, 0.3) is 0 Å². The number of rotatable bonds is 6. The Labute approximate surface area is 115 Å². The number of hydrogen-bond donors (Lipinski definition) is 1. The Morgan fingerprint density at radius 3 is 2.21 bits per heavy atom. The molecule has 0 fully saturated rings. The molecule has 0 heterocycles. The topological polar surface area (TPSA) is 12.0 Å². The molecule has 0 saturated heterocycles. The summed E-state index contributed by atoms with van der Waals surface area (Å²) < 4.78 is 26.2. The van der Waals surface area contributed by atoms with Crippen molar-refractivity contribution in [3.05, 3.63) is 35.4 Å². The third-order valence-corrected chi connectivity index (χ3v) is 3.90. The van der Waals surface area contributed by atoms with Crippen molar-refractivity contribution >= 4 is 0 Å². The number of hydrogen-bond acceptors (Lipinski definition) is 1. The predicted molar refractivity (Wildman–Crippen MR) is 76.1 cm³/mol. The van der Waals surface area contributed by atoms with Gasteiger partial charge in [-0.3, -0.25) is 0 Å². The molecule has 1 aromatic carbocycles. The first-order valence-corrected chi connectivity index (χ1v) is 6.92. The fourth-order valence-corrected chi connectivity index (χ4v) is 2.02. The van der Waals surface area contributed by atoms with Crippen LogP contribution in [0.25, 0.3) is 0 Å². The summed E-state index contributed by atoms with van der Waals surface area (Å²) in [6.45, 7) is 11.6. The van der Waals surface area contributed by atoms with E-state index in [0.717, 1.165) is 18.5 Å². The van der Waals surface area contributed by atoms with Crippen LogP contribution >= 0.6 is 0 Å². The summed E-state index contributed by atoms with van der Waals surface area (Å²) in [7, 11) is 0. The van der Waals surface area contributed by atoms with Crippen LogP contribution in [-0.2, 0) is 6.42 Å². The molecule has 1 rings (SSSR count). The molecule has 108 valence electrons. The highest BCUT2D eigenvalue weighted by molar-refractivity contribution is 5.19. The molecule has 1 N–H and O–H groups in total. The second kappa shape index (κ2) is 6.47. The highest BCUT2D eigenvalue weighted by atomic mass is 19.2. The summed E-state index contributed by atoms with van der Waals surface area (Å²) in [6, 6.07) is 4.61. The Kier molecular flexibility index (Phi) is 5.48. The molecule has 3 heteroatoms. The number of halogens is 2. The van der Waals surface area contributed by atoms with E-state index in [9.17, 15) is 8.78 Å². The van der Waals surface area contributed by atoms with Crippen molar-refractivity contribution < 1.29 is 8.78 Å². The molecular formula is C16H25F2N. The van der Waals surface area contributed by atoms with Crippen LogP contribution in [0.3, 0.4) is 0 Å². The molecule has 0 amide bonds. The minimum atomic E-state index is -0.782. The number of nitrogens with one attached hydrogen (secondary N) is 1. The molecule has 0 saturated carbocycles. The first-order valence-electron chi connectivity index (χ1n) is 6.92. The zero-order valence-electron chi connectivity index (χ0n) is 12.6. The molecule has 0 aromatic heterocycles. The van der Waals surface area contributed by atoms with E-state index in [-0.39, 0.29) is 5.41 Å². The zero-order valence-corrected chi connectivity index (χ0v) is 12.6. The normalized spacial score (nSPS) is 15.0. The smallest absolute Gasteiger partial charge is 0.159 e. The summed E-state index contributed by atoms with van der Waals surface area (Å²) in [5.74, 6) is -1.09. The van der Waals surface area contributed by atoms with E-state index in [2.05, 4.69) is 39.9 Å². The zero-order chi connectivity index (χ0) is 14.6. The van der Waals surface area contributed by atoms with Crippen LogP contribution in [0.2, 0.25) is 0 Å². The summed E-state index contributed by atoms with van der Waals surface area (Å²) in [5, 5.41) is 3.45. The average Bonchev–Trinajstić information content (AvgIpc) is 2.31. The van der Waals surface area contributed by atoms with Crippen molar-refractivity contribution in [1.82, 2.24) is 5.32 Å². The van der Waals surface area contributed by atoms with Gasteiger partial charge in [-0.25, -0.2) is 8.78 Å². The Bertz CT molecular complexity index is 415. The summed E-state index contributed by atoms with van der Waals surface area (Å²) >= 11 is 0. The highest BCUT2D eigenvalue weighted by Crippen LogP contribution is 2.31. The van der Waals surface area contributed by atoms with E-state index in [1.165, 1.54) is 12.1 Å². The first kappa shape index (κ1) is 16.1. The quantitative estimate of drug-likeness (QED) is 0.817. The molecule has 19 heavy (non-hydrogen) atoms. The molecule has 1 unspecified atom stereocenters. The van der Waals surface area contributed by atoms with Crippen molar-refractivity contribution in [2.24, 2.45) is 11.3 Å². The van der Waals surface area contributed by atoms with E-state index in [4.69, 9.17) is 0 Å². The third-order valence-electron chi connectivity index (χ3n) is 3.90. The fraction of sp³-hybridized carbons (Fsp3) is 0.625. The Hall–Kier alpha value is -0.960. The van der Waals surface area contributed by atoms with Crippen molar-refractivity contribution in [3.63, 3.8) is 0 Å². The molecular weight excluding hydrogens is 244 g/mol. The standard InChI is InChI=1S/C16H25F2N/c1-11(2)16(5,10-19-12(3)4)9-13-6-7-14(17)15(18)8-13/h6-8,11-12,19H,9-10H2,1-5H3. The van der Waals surface area contributed by atoms with Gasteiger partial charge in [0.15, 0.2) is 11.6 Å². The van der Waals surface area contributed by atoms with Gasteiger partial charge in [0, 0.05) is 12.6 Å². The molecule has 1 aromatic rings. The minimum Gasteiger partial charge on any atom is -0.314 e. The van der Waals surface area contributed by atoms with Crippen LogP contribution in [0.5, 0.6) is 0 Å². The van der Waals surface area contributed by atoms with E-state index in [1.54, 1.807) is 6.07 Å². The van der Waals surface area contributed by atoms with Gasteiger partial charge in [0.1, 0.15) is 0 Å². The van der Waals surface area contributed by atoms with Crippen LogP contribution in [0.15, 0.2) is 18.2 Å². The Balaban J connectivity index is 2.85. The van der Waals surface area contributed by atoms with Gasteiger partial charge < -0.3 is 5.32 Å². The van der Waals surface area contributed by atoms with Gasteiger partial charge in [0.2, 0.25) is 0 Å². The van der Waals surface area contributed by atoms with E-state index in [0.29, 0.717) is 12.0 Å². The van der Waals surface area contributed by atoms with Gasteiger partial charge in [0.05, 0.1) is 0 Å². The van der Waals surface area contributed by atoms with Crippen LogP contribution in [0, 0.1) is 23.0 Å². The lowest BCUT2D eigenvalue weighted by atomic mass is 9.74. The molecule has 1 atom stereocenters. The second-order valence-corrected chi connectivity index (χ2v) is 6.27. The van der Waals surface area contributed by atoms with Gasteiger partial charge in [-0.05, 0) is 35.4 Å². The second-order valence-electron chi connectivity index (χ2n) is 6.27. The Morgan fingerprint density at radius 1 is 1.11 bits per heavy atom. The molecule has 0 radical (unpaired) electrons. The van der Waals surface area contributed by atoms with Crippen LogP contribution in [-0.4, -0.2) is 12.6 Å². The van der Waals surface area contributed by atoms with Crippen molar-refractivity contribution in [3.8, 4) is 0 Å². The summed E-state index contributed by atoms with van der Waals surface area (Å²) in [5.41, 5.74) is 0.870. The van der Waals surface area contributed by atoms with Gasteiger partial charge >= 0.3 is 0 Å². The maximum Gasteiger partial charge on any atom is 0.159 e. The molecule has 0 aliphatic carbocycles. The van der Waals surface area contributed by atoms with Gasteiger partial charge in [-0.1, -0.05) is 40.7 Å². The average molecular weight is 269 g/mol. The van der Waals surface area contributed by atoms with E-state index in [1.807, 2.05) is 0 Å². The molecule has 0 bridgehead atoms. The van der Waals surface area contributed by atoms with Crippen molar-refractivity contribution in [2.75, 3.05) is 6.54 Å². The van der Waals surface area contributed by atoms with Gasteiger partial charge in [-0.15, -0.1) is 0 Å². The predicted octanol–water partition coefficient (Wildman–Crippen LogP) is 4.17. The fourth-order valence-electron chi connectivity index (χ4n) is 2.02. The minimum absolute atomic E-state index is 0.0224. The molecule has 1 nitrogen and oxygen atoms in total. The lowest BCUT2D eigenvalue weighted by molar-refractivity contribution is 0.202. The molecule has 0 aliphatic rings. The first-order chi connectivity index (χ1) is 8.74. The summed E-state index contributed by atoms with van der Waals surface area (Å²) in [6.07, 6.45) is 0.738. The SMILES string of the molecule is CC(C)NCC(C)(Cc1ccc(F)c(F)c1)C(C)C. The lowest BCUT2D eigenvalue weighted by Crippen LogP contribution is -2.40. The van der Waals surface area contributed by atoms with Crippen LogP contribution < -0.4 is 5.32 Å². The van der Waals surface area contributed by atoms with Gasteiger partial charge in [-0.2, -0.15) is 0 Å². The van der Waals surface area contributed by atoms with Crippen molar-refractivity contribution in [2.45, 2.75) is 47.1 Å². The summed E-state index contributed by atoms with van der Waals surface area (Å²) in [4.78, 5) is 0. The maximum atomic E-state index is 13.3. The number of benzene rings is 1. The van der Waals surface area contributed by atoms with Crippen LogP contribution in [0.4, 0.5) is 8.78 Å². The molecule has 0 aliphatic heterocycles. The maximum absolute atomic E-state index is 13.3. The largest absolute Gasteiger partial charge is 0.314 e. The third kappa shape index (κ3) is 4.57. The van der Waals surface area contributed by atoms with Crippen LogP contribution in [0.1, 0.15) is 40.2 Å². The van der Waals surface area contributed by atoms with E-state index >= 15 is 0 Å². The highest BCUT2D eigenvalue weighted by Gasteiger charge is 2.28. The Morgan fingerprint density at radius 2 is 1.74 bits per heavy atom. The lowest BCUT2D eigenvalue weighted by Gasteiger charge is -2.35. The monoisotopic (exact) mass is 269 g/mol. The molecule has 0 spiro atoms. The van der Waals surface area contributed by atoms with E-state index < -0.39 is 11.6 Å².